The Balaban J connectivity index is 1.27. The summed E-state index contributed by atoms with van der Waals surface area (Å²) >= 11 is 0. The Morgan fingerprint density at radius 1 is 0.404 bits per heavy atom. The molecule has 0 saturated heterocycles. The van der Waals surface area contributed by atoms with Crippen LogP contribution < -0.4 is 4.90 Å². The standard InChI is InChI=1S/C55H40N2/c1-55(2)47-29-16-14-27-44(47)53-43-26-13-12-25-42(43)52(36-48(53)55)57(40-33-34-41(37-19-6-3-7-20-37)46(35-40)38-21-8-4-9-22-38)51-32-18-31-50-54(51)45-28-15-17-30-49(45)56(50)39-23-10-5-11-24-39/h3-36H,1-2H3. The smallest absolute Gasteiger partial charge is 0.0562 e. The van der Waals surface area contributed by atoms with Crippen molar-refractivity contribution in [3.8, 4) is 39.1 Å². The van der Waals surface area contributed by atoms with Gasteiger partial charge in [-0.15, -0.1) is 0 Å². The van der Waals surface area contributed by atoms with Crippen LogP contribution in [0.2, 0.25) is 0 Å². The Morgan fingerprint density at radius 2 is 1.00 bits per heavy atom. The lowest BCUT2D eigenvalue weighted by Crippen LogP contribution is -2.17. The van der Waals surface area contributed by atoms with Crippen molar-refractivity contribution >= 4 is 49.6 Å². The van der Waals surface area contributed by atoms with Crippen molar-refractivity contribution in [3.05, 3.63) is 217 Å². The van der Waals surface area contributed by atoms with Crippen molar-refractivity contribution in [1.29, 1.82) is 0 Å². The number of anilines is 3. The molecule has 2 heteroatoms. The van der Waals surface area contributed by atoms with Gasteiger partial charge in [0.1, 0.15) is 0 Å². The van der Waals surface area contributed by atoms with Crippen molar-refractivity contribution in [2.45, 2.75) is 19.3 Å². The van der Waals surface area contributed by atoms with Crippen LogP contribution in [0.5, 0.6) is 0 Å². The second-order valence-corrected chi connectivity index (χ2v) is 15.7. The number of nitrogens with zero attached hydrogens (tertiary/aromatic N) is 2. The van der Waals surface area contributed by atoms with Crippen LogP contribution in [0.4, 0.5) is 17.1 Å². The van der Waals surface area contributed by atoms with E-state index in [2.05, 4.69) is 230 Å². The van der Waals surface area contributed by atoms with E-state index in [1.807, 2.05) is 0 Å². The Labute approximate surface area is 333 Å². The minimum atomic E-state index is -0.182. The van der Waals surface area contributed by atoms with Gasteiger partial charge in [0, 0.05) is 32.9 Å². The number of rotatable bonds is 6. The minimum absolute atomic E-state index is 0.182. The number of hydrogen-bond acceptors (Lipinski definition) is 1. The SMILES string of the molecule is CC1(C)c2ccccc2-c2c1cc(N(c1ccc(-c3ccccc3)c(-c3ccccc3)c1)c1cccc3c1c1ccccc1n3-c1ccccc1)c1ccccc21. The number of aromatic nitrogens is 1. The average Bonchev–Trinajstić information content (AvgIpc) is 3.73. The number of para-hydroxylation sites is 2. The van der Waals surface area contributed by atoms with E-state index in [1.54, 1.807) is 0 Å². The molecule has 0 atom stereocenters. The molecule has 0 unspecified atom stereocenters. The zero-order valence-corrected chi connectivity index (χ0v) is 32.0. The molecule has 9 aromatic carbocycles. The average molecular weight is 729 g/mol. The molecule has 0 radical (unpaired) electrons. The van der Waals surface area contributed by atoms with Gasteiger partial charge >= 0.3 is 0 Å². The van der Waals surface area contributed by atoms with Crippen LogP contribution in [-0.4, -0.2) is 4.57 Å². The van der Waals surface area contributed by atoms with Gasteiger partial charge in [0.15, 0.2) is 0 Å². The molecule has 0 saturated carbocycles. The van der Waals surface area contributed by atoms with Crippen LogP contribution in [0.15, 0.2) is 206 Å². The molecule has 1 aliphatic rings. The highest BCUT2D eigenvalue weighted by Crippen LogP contribution is 2.55. The van der Waals surface area contributed by atoms with Crippen LogP contribution in [0.1, 0.15) is 25.0 Å². The lowest BCUT2D eigenvalue weighted by Gasteiger charge is -2.31. The molecule has 11 rings (SSSR count). The summed E-state index contributed by atoms with van der Waals surface area (Å²) in [4.78, 5) is 2.55. The van der Waals surface area contributed by atoms with Gasteiger partial charge in [0.2, 0.25) is 0 Å². The highest BCUT2D eigenvalue weighted by molar-refractivity contribution is 6.18. The summed E-state index contributed by atoms with van der Waals surface area (Å²) in [5.74, 6) is 0. The van der Waals surface area contributed by atoms with Gasteiger partial charge < -0.3 is 9.47 Å². The molecule has 0 fully saturated rings. The largest absolute Gasteiger partial charge is 0.309 e. The summed E-state index contributed by atoms with van der Waals surface area (Å²) in [6.07, 6.45) is 0. The molecule has 0 amide bonds. The van der Waals surface area contributed by atoms with Gasteiger partial charge in [-0.25, -0.2) is 0 Å². The fraction of sp³-hybridized carbons (Fsp3) is 0.0545. The normalized spacial score (nSPS) is 12.9. The highest BCUT2D eigenvalue weighted by atomic mass is 15.2. The zero-order valence-electron chi connectivity index (χ0n) is 32.0. The first-order valence-corrected chi connectivity index (χ1v) is 19.9. The predicted molar refractivity (Wildman–Crippen MR) is 241 cm³/mol. The summed E-state index contributed by atoms with van der Waals surface area (Å²) in [5.41, 5.74) is 16.9. The number of hydrogen-bond donors (Lipinski definition) is 0. The second-order valence-electron chi connectivity index (χ2n) is 15.7. The maximum atomic E-state index is 2.55. The number of fused-ring (bicyclic) bond motifs is 8. The molecule has 1 heterocycles. The van der Waals surface area contributed by atoms with Crippen LogP contribution >= 0.6 is 0 Å². The van der Waals surface area contributed by atoms with Gasteiger partial charge in [0.25, 0.3) is 0 Å². The monoisotopic (exact) mass is 728 g/mol. The Morgan fingerprint density at radius 3 is 1.75 bits per heavy atom. The van der Waals surface area contributed by atoms with Crippen LogP contribution in [-0.2, 0) is 5.41 Å². The van der Waals surface area contributed by atoms with Crippen LogP contribution in [0.25, 0.3) is 71.6 Å². The fourth-order valence-corrected chi connectivity index (χ4v) is 9.56. The zero-order chi connectivity index (χ0) is 38.1. The predicted octanol–water partition coefficient (Wildman–Crippen LogP) is 15.0. The topological polar surface area (TPSA) is 8.17 Å². The molecule has 2 nitrogen and oxygen atoms in total. The lowest BCUT2D eigenvalue weighted by atomic mass is 9.81. The van der Waals surface area contributed by atoms with E-state index < -0.39 is 0 Å². The lowest BCUT2D eigenvalue weighted by molar-refractivity contribution is 0.661. The molecule has 0 N–H and O–H groups in total. The summed E-state index contributed by atoms with van der Waals surface area (Å²) < 4.78 is 2.42. The molecule has 1 aliphatic carbocycles. The quantitative estimate of drug-likeness (QED) is 0.165. The van der Waals surface area contributed by atoms with E-state index in [4.69, 9.17) is 0 Å². The van der Waals surface area contributed by atoms with Gasteiger partial charge in [-0.3, -0.25) is 0 Å². The molecular formula is C55H40N2. The molecule has 0 bridgehead atoms. The van der Waals surface area contributed by atoms with E-state index in [0.29, 0.717) is 0 Å². The summed E-state index contributed by atoms with van der Waals surface area (Å²) in [7, 11) is 0. The van der Waals surface area contributed by atoms with Gasteiger partial charge in [-0.2, -0.15) is 0 Å². The van der Waals surface area contributed by atoms with E-state index >= 15 is 0 Å². The van der Waals surface area contributed by atoms with Crippen LogP contribution in [0.3, 0.4) is 0 Å². The molecule has 0 spiro atoms. The summed E-state index contributed by atoms with van der Waals surface area (Å²) in [6.45, 7) is 4.77. The van der Waals surface area contributed by atoms with Gasteiger partial charge in [-0.1, -0.05) is 172 Å². The maximum Gasteiger partial charge on any atom is 0.0562 e. The van der Waals surface area contributed by atoms with E-state index in [0.717, 1.165) is 17.1 Å². The molecule has 270 valence electrons. The van der Waals surface area contributed by atoms with Crippen LogP contribution in [0, 0.1) is 0 Å². The molecule has 0 aliphatic heterocycles. The third-order valence-corrected chi connectivity index (χ3v) is 12.2. The van der Waals surface area contributed by atoms with E-state index in [-0.39, 0.29) is 5.41 Å². The first-order chi connectivity index (χ1) is 28.1. The molecular weight excluding hydrogens is 689 g/mol. The van der Waals surface area contributed by atoms with Crippen molar-refractivity contribution in [2.75, 3.05) is 4.90 Å². The van der Waals surface area contributed by atoms with Crippen molar-refractivity contribution in [1.82, 2.24) is 4.57 Å². The van der Waals surface area contributed by atoms with Crippen molar-refractivity contribution in [3.63, 3.8) is 0 Å². The molecule has 10 aromatic rings. The van der Waals surface area contributed by atoms with Gasteiger partial charge in [0.05, 0.1) is 22.4 Å². The van der Waals surface area contributed by atoms with Gasteiger partial charge in [-0.05, 0) is 98.4 Å². The van der Waals surface area contributed by atoms with E-state index in [9.17, 15) is 0 Å². The Bertz CT molecular complexity index is 3140. The maximum absolute atomic E-state index is 2.55. The summed E-state index contributed by atoms with van der Waals surface area (Å²) in [6, 6.07) is 75.6. The van der Waals surface area contributed by atoms with Crippen molar-refractivity contribution < 1.29 is 0 Å². The Kier molecular flexibility index (Phi) is 7.55. The fourth-order valence-electron chi connectivity index (χ4n) is 9.56. The first-order valence-electron chi connectivity index (χ1n) is 19.9. The van der Waals surface area contributed by atoms with Crippen molar-refractivity contribution in [2.24, 2.45) is 0 Å². The Hall–Kier alpha value is -7.16. The van der Waals surface area contributed by atoms with E-state index in [1.165, 1.54) is 82.8 Å². The first kappa shape index (κ1) is 33.2. The second kappa shape index (κ2) is 13.0. The minimum Gasteiger partial charge on any atom is -0.309 e. The number of benzene rings is 9. The third-order valence-electron chi connectivity index (χ3n) is 12.2. The summed E-state index contributed by atoms with van der Waals surface area (Å²) in [5, 5.41) is 4.94. The molecule has 57 heavy (non-hydrogen) atoms. The highest BCUT2D eigenvalue weighted by Gasteiger charge is 2.38. The third kappa shape index (κ3) is 5.11. The molecule has 1 aromatic heterocycles.